The minimum Gasteiger partial charge on any atom is -0.260 e. The van der Waals surface area contributed by atoms with E-state index in [1.807, 2.05) is 54.5 Å². The number of hydrogen-bond acceptors (Lipinski definition) is 3. The monoisotopic (exact) mass is 274 g/mol. The van der Waals surface area contributed by atoms with Crippen LogP contribution in [-0.2, 0) is 6.54 Å². The minimum atomic E-state index is 0.614. The molecule has 2 heterocycles. The van der Waals surface area contributed by atoms with E-state index in [9.17, 15) is 0 Å². The fourth-order valence-electron chi connectivity index (χ4n) is 2.07. The van der Waals surface area contributed by atoms with Crippen LogP contribution < -0.4 is 0 Å². The molecule has 0 fully saturated rings. The Morgan fingerprint density at radius 1 is 1.05 bits per heavy atom. The normalized spacial score (nSPS) is 9.95. The van der Waals surface area contributed by atoms with Crippen LogP contribution in [0.4, 0.5) is 0 Å². The molecular formula is C17H14N4. The van der Waals surface area contributed by atoms with Gasteiger partial charge in [-0.1, -0.05) is 24.1 Å². The Bertz CT molecular complexity index is 794. The summed E-state index contributed by atoms with van der Waals surface area (Å²) in [4.78, 5) is 8.11. The van der Waals surface area contributed by atoms with E-state index in [1.165, 1.54) is 6.33 Å². The molecule has 4 heteroatoms. The van der Waals surface area contributed by atoms with Crippen LogP contribution in [0.1, 0.15) is 6.92 Å². The highest BCUT2D eigenvalue weighted by atomic mass is 15.3. The largest absolute Gasteiger partial charge is 0.260 e. The van der Waals surface area contributed by atoms with Crippen LogP contribution >= 0.6 is 0 Å². The number of benzene rings is 1. The topological polar surface area (TPSA) is 43.6 Å². The van der Waals surface area contributed by atoms with Gasteiger partial charge in [-0.2, -0.15) is 5.10 Å². The van der Waals surface area contributed by atoms with Crippen LogP contribution in [0, 0.1) is 11.8 Å². The average molecular weight is 274 g/mol. The molecule has 3 rings (SSSR count). The molecule has 0 atom stereocenters. The third-order valence-electron chi connectivity index (χ3n) is 3.11. The van der Waals surface area contributed by atoms with Crippen LogP contribution in [0.15, 0.2) is 55.2 Å². The summed E-state index contributed by atoms with van der Waals surface area (Å²) < 4.78 is 1.84. The smallest absolute Gasteiger partial charge is 0.115 e. The van der Waals surface area contributed by atoms with E-state index >= 15 is 0 Å². The predicted molar refractivity (Wildman–Crippen MR) is 82.1 cm³/mol. The van der Waals surface area contributed by atoms with Crippen molar-refractivity contribution in [2.45, 2.75) is 13.5 Å². The molecule has 0 saturated carbocycles. The van der Waals surface area contributed by atoms with Gasteiger partial charge in [-0.15, -0.1) is 5.92 Å². The van der Waals surface area contributed by atoms with Gasteiger partial charge in [0.05, 0.1) is 5.69 Å². The van der Waals surface area contributed by atoms with Crippen molar-refractivity contribution in [1.82, 2.24) is 19.7 Å². The quantitative estimate of drug-likeness (QED) is 0.689. The van der Waals surface area contributed by atoms with E-state index in [1.54, 1.807) is 0 Å². The van der Waals surface area contributed by atoms with Crippen LogP contribution in [0.2, 0.25) is 0 Å². The molecule has 4 nitrogen and oxygen atoms in total. The summed E-state index contributed by atoms with van der Waals surface area (Å²) in [7, 11) is 0. The molecule has 0 aliphatic heterocycles. The van der Waals surface area contributed by atoms with E-state index in [0.29, 0.717) is 6.54 Å². The molecular weight excluding hydrogens is 260 g/mol. The van der Waals surface area contributed by atoms with Crippen LogP contribution in [-0.4, -0.2) is 19.7 Å². The predicted octanol–water partition coefficient (Wildman–Crippen LogP) is 3.03. The molecule has 0 bridgehead atoms. The van der Waals surface area contributed by atoms with Crippen molar-refractivity contribution in [3.05, 3.63) is 55.2 Å². The zero-order chi connectivity index (χ0) is 14.5. The van der Waals surface area contributed by atoms with Gasteiger partial charge in [0, 0.05) is 29.7 Å². The van der Waals surface area contributed by atoms with Gasteiger partial charge in [-0.25, -0.2) is 9.97 Å². The maximum absolute atomic E-state index is 4.54. The van der Waals surface area contributed by atoms with Gasteiger partial charge in [0.15, 0.2) is 0 Å². The van der Waals surface area contributed by atoms with Crippen LogP contribution in [0.5, 0.6) is 0 Å². The third kappa shape index (κ3) is 2.98. The summed E-state index contributed by atoms with van der Waals surface area (Å²) >= 11 is 0. The van der Waals surface area contributed by atoms with Gasteiger partial charge in [0.25, 0.3) is 0 Å². The Kier molecular flexibility index (Phi) is 3.74. The van der Waals surface area contributed by atoms with Crippen LogP contribution in [0.25, 0.3) is 22.4 Å². The first-order chi connectivity index (χ1) is 10.4. The van der Waals surface area contributed by atoms with E-state index in [2.05, 4.69) is 33.0 Å². The van der Waals surface area contributed by atoms with Crippen LogP contribution in [0.3, 0.4) is 0 Å². The lowest BCUT2D eigenvalue weighted by atomic mass is 10.0. The SMILES string of the molecule is CC#CCn1ccc(-c2cccc(-c3cncnc3)c2)n1. The van der Waals surface area contributed by atoms with Crippen molar-refractivity contribution in [3.63, 3.8) is 0 Å². The van der Waals surface area contributed by atoms with E-state index < -0.39 is 0 Å². The summed E-state index contributed by atoms with van der Waals surface area (Å²) in [5, 5.41) is 4.54. The highest BCUT2D eigenvalue weighted by molar-refractivity contribution is 5.70. The van der Waals surface area contributed by atoms with Gasteiger partial charge < -0.3 is 0 Å². The van der Waals surface area contributed by atoms with Crippen molar-refractivity contribution >= 4 is 0 Å². The molecule has 0 aliphatic rings. The van der Waals surface area contributed by atoms with E-state index in [4.69, 9.17) is 0 Å². The number of hydrogen-bond donors (Lipinski definition) is 0. The molecule has 102 valence electrons. The second kappa shape index (κ2) is 6.02. The Balaban J connectivity index is 1.92. The molecule has 3 aromatic rings. The molecule has 0 unspecified atom stereocenters. The molecule has 0 N–H and O–H groups in total. The Hall–Kier alpha value is -2.93. The fraction of sp³-hybridized carbons (Fsp3) is 0.118. The molecule has 0 radical (unpaired) electrons. The van der Waals surface area contributed by atoms with Crippen molar-refractivity contribution in [2.24, 2.45) is 0 Å². The summed E-state index contributed by atoms with van der Waals surface area (Å²) in [6, 6.07) is 10.2. The van der Waals surface area contributed by atoms with Gasteiger partial charge in [0.2, 0.25) is 0 Å². The summed E-state index contributed by atoms with van der Waals surface area (Å²) in [5.41, 5.74) is 4.08. The molecule has 21 heavy (non-hydrogen) atoms. The molecule has 0 aliphatic carbocycles. The van der Waals surface area contributed by atoms with Crippen molar-refractivity contribution in [2.75, 3.05) is 0 Å². The van der Waals surface area contributed by atoms with Crippen molar-refractivity contribution < 1.29 is 0 Å². The minimum absolute atomic E-state index is 0.614. The highest BCUT2D eigenvalue weighted by Gasteiger charge is 2.04. The molecule has 2 aromatic heterocycles. The van der Waals surface area contributed by atoms with Gasteiger partial charge >= 0.3 is 0 Å². The lowest BCUT2D eigenvalue weighted by Crippen LogP contribution is -1.96. The molecule has 1 aromatic carbocycles. The van der Waals surface area contributed by atoms with Gasteiger partial charge in [0.1, 0.15) is 12.9 Å². The first kappa shape index (κ1) is 13.1. The van der Waals surface area contributed by atoms with E-state index in [-0.39, 0.29) is 0 Å². The third-order valence-corrected chi connectivity index (χ3v) is 3.11. The zero-order valence-electron chi connectivity index (χ0n) is 11.7. The van der Waals surface area contributed by atoms with Crippen molar-refractivity contribution in [1.29, 1.82) is 0 Å². The lowest BCUT2D eigenvalue weighted by molar-refractivity contribution is 0.718. The Morgan fingerprint density at radius 2 is 1.86 bits per heavy atom. The van der Waals surface area contributed by atoms with Gasteiger partial charge in [-0.3, -0.25) is 4.68 Å². The second-order valence-corrected chi connectivity index (χ2v) is 4.53. The van der Waals surface area contributed by atoms with Gasteiger partial charge in [-0.05, 0) is 24.6 Å². The first-order valence-electron chi connectivity index (χ1n) is 6.66. The summed E-state index contributed by atoms with van der Waals surface area (Å²) in [5.74, 6) is 5.87. The summed E-state index contributed by atoms with van der Waals surface area (Å²) in [6.45, 7) is 2.44. The maximum Gasteiger partial charge on any atom is 0.115 e. The second-order valence-electron chi connectivity index (χ2n) is 4.53. The molecule has 0 spiro atoms. The molecule has 0 amide bonds. The summed E-state index contributed by atoms with van der Waals surface area (Å²) in [6.07, 6.45) is 7.09. The average Bonchev–Trinajstić information content (AvgIpc) is 3.03. The number of aromatic nitrogens is 4. The molecule has 0 saturated heterocycles. The standard InChI is InChI=1S/C17H14N4/c1-2-3-8-21-9-7-17(20-21)15-6-4-5-14(10-15)16-11-18-13-19-12-16/h4-7,9-13H,8H2,1H3. The zero-order valence-corrected chi connectivity index (χ0v) is 11.7. The first-order valence-corrected chi connectivity index (χ1v) is 6.66. The maximum atomic E-state index is 4.54. The van der Waals surface area contributed by atoms with Crippen molar-refractivity contribution in [3.8, 4) is 34.2 Å². The Labute approximate surface area is 123 Å². The fourth-order valence-corrected chi connectivity index (χ4v) is 2.07. The number of rotatable bonds is 3. The lowest BCUT2D eigenvalue weighted by Gasteiger charge is -2.03. The highest BCUT2D eigenvalue weighted by Crippen LogP contribution is 2.24. The Morgan fingerprint density at radius 3 is 2.67 bits per heavy atom. The number of nitrogens with zero attached hydrogens (tertiary/aromatic N) is 4. The van der Waals surface area contributed by atoms with E-state index in [0.717, 1.165) is 22.4 Å².